The number of aliphatic hydroxyl groups excluding tert-OH is 1. The Kier molecular flexibility index (Phi) is 4.38. The van der Waals surface area contributed by atoms with Crippen molar-refractivity contribution >= 4 is 12.6 Å². The van der Waals surface area contributed by atoms with Crippen LogP contribution < -0.4 is 0 Å². The maximum absolute atomic E-state index is 8.88. The van der Waals surface area contributed by atoms with Gasteiger partial charge in [-0.05, 0) is 13.3 Å². The van der Waals surface area contributed by atoms with E-state index in [1.165, 1.54) is 0 Å². The highest BCUT2D eigenvalue weighted by atomic mass is 32.1. The summed E-state index contributed by atoms with van der Waals surface area (Å²) in [6, 6.07) is 0. The summed E-state index contributed by atoms with van der Waals surface area (Å²) in [6.45, 7) is 3.86. The van der Waals surface area contributed by atoms with Crippen LogP contribution in [-0.2, 0) is 0 Å². The summed E-state index contributed by atoms with van der Waals surface area (Å²) < 4.78 is 0. The molecular formula is C6H14OS. The molecule has 2 unspecified atom stereocenters. The molecule has 0 heterocycles. The molecule has 0 aromatic rings. The number of aliphatic hydroxyl groups is 1. The summed E-state index contributed by atoms with van der Waals surface area (Å²) in [5, 5.41) is 9.04. The third-order valence-corrected chi connectivity index (χ3v) is 1.83. The fourth-order valence-corrected chi connectivity index (χ4v) is 0.795. The molecule has 2 heteroatoms. The van der Waals surface area contributed by atoms with Crippen LogP contribution in [0.1, 0.15) is 26.7 Å². The van der Waals surface area contributed by atoms with Crippen molar-refractivity contribution in [3.05, 3.63) is 0 Å². The molecule has 2 atom stereocenters. The van der Waals surface area contributed by atoms with Crippen molar-refractivity contribution in [2.45, 2.75) is 38.0 Å². The third-order valence-electron chi connectivity index (χ3n) is 1.14. The molecule has 0 aliphatic heterocycles. The minimum Gasteiger partial charge on any atom is -0.392 e. The van der Waals surface area contributed by atoms with Crippen molar-refractivity contribution in [1.29, 1.82) is 0 Å². The van der Waals surface area contributed by atoms with Crippen LogP contribution >= 0.6 is 12.6 Å². The van der Waals surface area contributed by atoms with E-state index in [2.05, 4.69) is 19.6 Å². The Morgan fingerprint density at radius 3 is 2.25 bits per heavy atom. The number of hydrogen-bond donors (Lipinski definition) is 2. The predicted octanol–water partition coefficient (Wildman–Crippen LogP) is 1.47. The monoisotopic (exact) mass is 134 g/mol. The summed E-state index contributed by atoms with van der Waals surface area (Å²) in [4.78, 5) is 0. The summed E-state index contributed by atoms with van der Waals surface area (Å²) in [5.41, 5.74) is 0. The molecule has 0 saturated heterocycles. The van der Waals surface area contributed by atoms with Gasteiger partial charge in [0.2, 0.25) is 0 Å². The van der Waals surface area contributed by atoms with E-state index >= 15 is 0 Å². The normalized spacial score (nSPS) is 18.0. The molecule has 0 bridgehead atoms. The van der Waals surface area contributed by atoms with Crippen molar-refractivity contribution in [2.75, 3.05) is 0 Å². The van der Waals surface area contributed by atoms with Crippen LogP contribution in [0.25, 0.3) is 0 Å². The Labute approximate surface area is 56.5 Å². The minimum absolute atomic E-state index is 0.167. The van der Waals surface area contributed by atoms with Gasteiger partial charge in [0, 0.05) is 5.25 Å². The van der Waals surface area contributed by atoms with Crippen molar-refractivity contribution in [3.63, 3.8) is 0 Å². The molecule has 0 aliphatic rings. The summed E-state index contributed by atoms with van der Waals surface area (Å²) in [7, 11) is 0. The highest BCUT2D eigenvalue weighted by Crippen LogP contribution is 2.07. The number of hydrogen-bond acceptors (Lipinski definition) is 2. The molecule has 1 N–H and O–H groups in total. The molecule has 50 valence electrons. The van der Waals surface area contributed by atoms with Gasteiger partial charge in [0.25, 0.3) is 0 Å². The fraction of sp³-hybridized carbons (Fsp3) is 1.00. The Balaban J connectivity index is 3.17. The smallest absolute Gasteiger partial charge is 0.0628 e. The average molecular weight is 134 g/mol. The van der Waals surface area contributed by atoms with E-state index in [-0.39, 0.29) is 11.4 Å². The third kappa shape index (κ3) is 3.33. The Bertz CT molecular complexity index is 54.5. The maximum atomic E-state index is 8.88. The molecule has 0 amide bonds. The largest absolute Gasteiger partial charge is 0.392 e. The van der Waals surface area contributed by atoms with Crippen molar-refractivity contribution in [2.24, 2.45) is 0 Å². The molecule has 0 aromatic carbocycles. The lowest BCUT2D eigenvalue weighted by Crippen LogP contribution is -2.15. The van der Waals surface area contributed by atoms with Gasteiger partial charge < -0.3 is 5.11 Å². The first-order chi connectivity index (χ1) is 3.68. The second kappa shape index (κ2) is 4.21. The zero-order valence-corrected chi connectivity index (χ0v) is 6.36. The first-order valence-electron chi connectivity index (χ1n) is 3.04. The van der Waals surface area contributed by atoms with Gasteiger partial charge in [-0.25, -0.2) is 0 Å². The zero-order valence-electron chi connectivity index (χ0n) is 5.46. The van der Waals surface area contributed by atoms with Gasteiger partial charge in [-0.2, -0.15) is 12.6 Å². The van der Waals surface area contributed by atoms with Gasteiger partial charge >= 0.3 is 0 Å². The van der Waals surface area contributed by atoms with E-state index < -0.39 is 0 Å². The number of rotatable bonds is 3. The van der Waals surface area contributed by atoms with Crippen LogP contribution in [0.15, 0.2) is 0 Å². The lowest BCUT2D eigenvalue weighted by molar-refractivity contribution is 0.188. The molecule has 0 saturated carbocycles. The van der Waals surface area contributed by atoms with Crippen LogP contribution in [0, 0.1) is 0 Å². The number of thiol groups is 1. The summed E-state index contributed by atoms with van der Waals surface area (Å²) in [5.74, 6) is 0. The van der Waals surface area contributed by atoms with Crippen molar-refractivity contribution in [1.82, 2.24) is 0 Å². The molecule has 0 rings (SSSR count). The van der Waals surface area contributed by atoms with Gasteiger partial charge in [-0.15, -0.1) is 0 Å². The molecule has 0 spiro atoms. The van der Waals surface area contributed by atoms with Crippen LogP contribution in [0.3, 0.4) is 0 Å². The topological polar surface area (TPSA) is 20.2 Å². The molecule has 0 radical (unpaired) electrons. The molecule has 8 heavy (non-hydrogen) atoms. The molecule has 0 fully saturated rings. The second-order valence-corrected chi connectivity index (χ2v) is 2.76. The highest BCUT2D eigenvalue weighted by Gasteiger charge is 2.06. The van der Waals surface area contributed by atoms with Gasteiger partial charge in [0.05, 0.1) is 6.10 Å². The van der Waals surface area contributed by atoms with E-state index in [1.54, 1.807) is 6.92 Å². The van der Waals surface area contributed by atoms with E-state index in [0.29, 0.717) is 0 Å². The van der Waals surface area contributed by atoms with Crippen molar-refractivity contribution < 1.29 is 5.11 Å². The SMILES string of the molecule is CCCC(S)C(C)O. The lowest BCUT2D eigenvalue weighted by Gasteiger charge is -2.10. The predicted molar refractivity (Wildman–Crippen MR) is 39.4 cm³/mol. The molecule has 0 aliphatic carbocycles. The standard InChI is InChI=1S/C6H14OS/c1-3-4-6(8)5(2)7/h5-8H,3-4H2,1-2H3. The fourth-order valence-electron chi connectivity index (χ4n) is 0.537. The Morgan fingerprint density at radius 2 is 2.12 bits per heavy atom. The van der Waals surface area contributed by atoms with Crippen molar-refractivity contribution in [3.8, 4) is 0 Å². The Hall–Kier alpha value is 0.310. The lowest BCUT2D eigenvalue weighted by atomic mass is 10.2. The van der Waals surface area contributed by atoms with Crippen LogP contribution in [-0.4, -0.2) is 16.5 Å². The molecule has 1 nitrogen and oxygen atoms in total. The highest BCUT2D eigenvalue weighted by molar-refractivity contribution is 7.81. The van der Waals surface area contributed by atoms with E-state index in [1.807, 2.05) is 0 Å². The first kappa shape index (κ1) is 8.31. The van der Waals surface area contributed by atoms with Gasteiger partial charge in [-0.3, -0.25) is 0 Å². The van der Waals surface area contributed by atoms with Crippen LogP contribution in [0.4, 0.5) is 0 Å². The quantitative estimate of drug-likeness (QED) is 0.560. The van der Waals surface area contributed by atoms with Gasteiger partial charge in [0.1, 0.15) is 0 Å². The van der Waals surface area contributed by atoms with Crippen LogP contribution in [0.5, 0.6) is 0 Å². The van der Waals surface area contributed by atoms with Crippen LogP contribution in [0.2, 0.25) is 0 Å². The summed E-state index contributed by atoms with van der Waals surface area (Å²) >= 11 is 4.15. The zero-order chi connectivity index (χ0) is 6.57. The first-order valence-corrected chi connectivity index (χ1v) is 3.56. The maximum Gasteiger partial charge on any atom is 0.0628 e. The molecule has 0 aromatic heterocycles. The van der Waals surface area contributed by atoms with E-state index in [0.717, 1.165) is 12.8 Å². The van der Waals surface area contributed by atoms with Gasteiger partial charge in [0.15, 0.2) is 0 Å². The average Bonchev–Trinajstić information content (AvgIpc) is 1.67. The Morgan fingerprint density at radius 1 is 1.62 bits per heavy atom. The summed E-state index contributed by atoms with van der Waals surface area (Å²) in [6.07, 6.45) is 1.83. The van der Waals surface area contributed by atoms with E-state index in [4.69, 9.17) is 5.11 Å². The second-order valence-electron chi connectivity index (χ2n) is 2.10. The minimum atomic E-state index is -0.265. The van der Waals surface area contributed by atoms with Gasteiger partial charge in [-0.1, -0.05) is 13.3 Å². The van der Waals surface area contributed by atoms with E-state index in [9.17, 15) is 0 Å². The molecular weight excluding hydrogens is 120 g/mol.